The fraction of sp³-hybridized carbons (Fsp3) is 1.00. The van der Waals surface area contributed by atoms with Crippen molar-refractivity contribution in [2.75, 3.05) is 0 Å². The minimum atomic E-state index is -0.547. The summed E-state index contributed by atoms with van der Waals surface area (Å²) in [6.07, 6.45) is 2.25. The summed E-state index contributed by atoms with van der Waals surface area (Å²) in [5.74, 6) is 0.384. The Bertz CT molecular complexity index is 111. The van der Waals surface area contributed by atoms with Gasteiger partial charge in [-0.25, -0.2) is 0 Å². The Kier molecular flexibility index (Phi) is 3.77. The molecule has 1 N–H and O–H groups in total. The van der Waals surface area contributed by atoms with Gasteiger partial charge in [-0.05, 0) is 31.6 Å². The summed E-state index contributed by atoms with van der Waals surface area (Å²) in [5, 5.41) is 9.94. The molecule has 0 aliphatic rings. The normalized spacial score (nSPS) is 16.2. The summed E-state index contributed by atoms with van der Waals surface area (Å²) in [7, 11) is 0. The fourth-order valence-electron chi connectivity index (χ4n) is 2.13. The minimum absolute atomic E-state index is 0.203. The van der Waals surface area contributed by atoms with Gasteiger partial charge in [-0.15, -0.1) is 0 Å². The maximum atomic E-state index is 9.94. The van der Waals surface area contributed by atoms with Crippen LogP contribution in [-0.4, -0.2) is 10.7 Å². The Labute approximate surface area is 77.2 Å². The summed E-state index contributed by atoms with van der Waals surface area (Å²) in [5.41, 5.74) is -0.345. The van der Waals surface area contributed by atoms with Gasteiger partial charge in [0.15, 0.2) is 0 Å². The van der Waals surface area contributed by atoms with Gasteiger partial charge in [-0.1, -0.05) is 34.1 Å². The van der Waals surface area contributed by atoms with E-state index in [1.54, 1.807) is 0 Å². The van der Waals surface area contributed by atoms with Crippen molar-refractivity contribution in [2.24, 2.45) is 11.3 Å². The van der Waals surface area contributed by atoms with E-state index in [0.717, 1.165) is 12.8 Å². The lowest BCUT2D eigenvalue weighted by atomic mass is 9.70. The highest BCUT2D eigenvalue weighted by molar-refractivity contribution is 4.85. The summed E-state index contributed by atoms with van der Waals surface area (Å²) in [6.45, 7) is 12.6. The molecule has 0 heterocycles. The molecule has 0 aromatic heterocycles. The zero-order valence-electron chi connectivity index (χ0n) is 9.44. The Morgan fingerprint density at radius 3 is 1.58 bits per heavy atom. The Morgan fingerprint density at radius 1 is 1.08 bits per heavy atom. The van der Waals surface area contributed by atoms with Crippen molar-refractivity contribution in [3.8, 4) is 0 Å². The molecular formula is C11H24O. The van der Waals surface area contributed by atoms with Crippen LogP contribution in [0.3, 0.4) is 0 Å². The maximum Gasteiger partial charge on any atom is 0.0624 e. The lowest BCUT2D eigenvalue weighted by Crippen LogP contribution is -2.39. The zero-order chi connectivity index (χ0) is 9.99. The quantitative estimate of drug-likeness (QED) is 0.693. The molecule has 12 heavy (non-hydrogen) atoms. The third-order valence-electron chi connectivity index (χ3n) is 2.48. The van der Waals surface area contributed by atoms with E-state index in [1.807, 2.05) is 13.8 Å². The predicted molar refractivity (Wildman–Crippen MR) is 54.2 cm³/mol. The van der Waals surface area contributed by atoms with Gasteiger partial charge in [0.2, 0.25) is 0 Å². The summed E-state index contributed by atoms with van der Waals surface area (Å²) < 4.78 is 0. The molecule has 1 atom stereocenters. The fourth-order valence-corrected chi connectivity index (χ4v) is 2.13. The average Bonchev–Trinajstić information content (AvgIpc) is 1.77. The van der Waals surface area contributed by atoms with Gasteiger partial charge >= 0.3 is 0 Å². The summed E-state index contributed by atoms with van der Waals surface area (Å²) in [6, 6.07) is 0. The zero-order valence-corrected chi connectivity index (χ0v) is 9.44. The van der Waals surface area contributed by atoms with Crippen LogP contribution in [0.5, 0.6) is 0 Å². The number of aliphatic hydroxyl groups is 1. The van der Waals surface area contributed by atoms with Crippen molar-refractivity contribution in [3.05, 3.63) is 0 Å². The predicted octanol–water partition coefficient (Wildman–Crippen LogP) is 3.22. The first-order valence-corrected chi connectivity index (χ1v) is 4.92. The number of rotatable bonds is 3. The molecule has 74 valence electrons. The lowest BCUT2D eigenvalue weighted by molar-refractivity contribution is -0.0368. The van der Waals surface area contributed by atoms with Gasteiger partial charge in [-0.3, -0.25) is 0 Å². The van der Waals surface area contributed by atoms with Crippen LogP contribution in [0, 0.1) is 11.3 Å². The monoisotopic (exact) mass is 172 g/mol. The van der Waals surface area contributed by atoms with Gasteiger partial charge in [0, 0.05) is 0 Å². The largest absolute Gasteiger partial charge is 0.390 e. The van der Waals surface area contributed by atoms with Crippen LogP contribution in [0.1, 0.15) is 54.4 Å². The first-order valence-electron chi connectivity index (χ1n) is 4.92. The van der Waals surface area contributed by atoms with E-state index in [-0.39, 0.29) is 5.41 Å². The first kappa shape index (κ1) is 12.0. The third-order valence-corrected chi connectivity index (χ3v) is 2.48. The second-order valence-electron chi connectivity index (χ2n) is 5.36. The maximum absolute atomic E-state index is 9.94. The second kappa shape index (κ2) is 3.78. The molecule has 0 amide bonds. The van der Waals surface area contributed by atoms with Crippen molar-refractivity contribution in [1.29, 1.82) is 0 Å². The van der Waals surface area contributed by atoms with Crippen LogP contribution < -0.4 is 0 Å². The SMILES string of the molecule is CCC[C@H](C(C)(C)C)C(C)(C)O. The molecule has 0 aromatic carbocycles. The minimum Gasteiger partial charge on any atom is -0.390 e. The molecule has 0 saturated carbocycles. The molecule has 0 rings (SSSR count). The first-order chi connectivity index (χ1) is 5.19. The van der Waals surface area contributed by atoms with Crippen LogP contribution in [0.15, 0.2) is 0 Å². The van der Waals surface area contributed by atoms with E-state index in [0.29, 0.717) is 5.92 Å². The molecule has 0 unspecified atom stereocenters. The highest BCUT2D eigenvalue weighted by Crippen LogP contribution is 2.37. The number of hydrogen-bond acceptors (Lipinski definition) is 1. The Balaban J connectivity index is 4.45. The Morgan fingerprint density at radius 2 is 1.50 bits per heavy atom. The van der Waals surface area contributed by atoms with E-state index >= 15 is 0 Å². The van der Waals surface area contributed by atoms with Gasteiger partial charge < -0.3 is 5.11 Å². The average molecular weight is 172 g/mol. The van der Waals surface area contributed by atoms with E-state index in [1.165, 1.54) is 0 Å². The van der Waals surface area contributed by atoms with Crippen LogP contribution in [0.25, 0.3) is 0 Å². The van der Waals surface area contributed by atoms with E-state index in [2.05, 4.69) is 27.7 Å². The van der Waals surface area contributed by atoms with E-state index < -0.39 is 5.60 Å². The molecule has 0 aliphatic carbocycles. The van der Waals surface area contributed by atoms with Crippen LogP contribution in [0.4, 0.5) is 0 Å². The molecule has 1 nitrogen and oxygen atoms in total. The second-order valence-corrected chi connectivity index (χ2v) is 5.36. The molecule has 0 radical (unpaired) electrons. The summed E-state index contributed by atoms with van der Waals surface area (Å²) in [4.78, 5) is 0. The highest BCUT2D eigenvalue weighted by atomic mass is 16.3. The van der Waals surface area contributed by atoms with E-state index in [9.17, 15) is 5.11 Å². The smallest absolute Gasteiger partial charge is 0.0624 e. The van der Waals surface area contributed by atoms with Crippen LogP contribution >= 0.6 is 0 Å². The molecule has 0 spiro atoms. The van der Waals surface area contributed by atoms with Crippen LogP contribution in [-0.2, 0) is 0 Å². The van der Waals surface area contributed by atoms with Gasteiger partial charge in [-0.2, -0.15) is 0 Å². The van der Waals surface area contributed by atoms with E-state index in [4.69, 9.17) is 0 Å². The van der Waals surface area contributed by atoms with Crippen LogP contribution in [0.2, 0.25) is 0 Å². The summed E-state index contributed by atoms with van der Waals surface area (Å²) >= 11 is 0. The molecule has 0 fully saturated rings. The molecule has 0 aromatic rings. The van der Waals surface area contributed by atoms with Crippen molar-refractivity contribution in [1.82, 2.24) is 0 Å². The topological polar surface area (TPSA) is 20.2 Å². The van der Waals surface area contributed by atoms with Crippen molar-refractivity contribution >= 4 is 0 Å². The highest BCUT2D eigenvalue weighted by Gasteiger charge is 2.35. The van der Waals surface area contributed by atoms with Gasteiger partial charge in [0.25, 0.3) is 0 Å². The van der Waals surface area contributed by atoms with Crippen molar-refractivity contribution in [3.63, 3.8) is 0 Å². The molecule has 0 aliphatic heterocycles. The van der Waals surface area contributed by atoms with Gasteiger partial charge in [0.1, 0.15) is 0 Å². The van der Waals surface area contributed by atoms with Crippen molar-refractivity contribution in [2.45, 2.75) is 60.0 Å². The lowest BCUT2D eigenvalue weighted by Gasteiger charge is -2.39. The Hall–Kier alpha value is -0.0400. The molecule has 0 saturated heterocycles. The van der Waals surface area contributed by atoms with Crippen molar-refractivity contribution < 1.29 is 5.11 Å². The molecule has 0 bridgehead atoms. The van der Waals surface area contributed by atoms with Gasteiger partial charge in [0.05, 0.1) is 5.60 Å². The third kappa shape index (κ3) is 3.57. The standard InChI is InChI=1S/C11H24O/c1-7-8-9(10(2,3)4)11(5,6)12/h9,12H,7-8H2,1-6H3/t9-/m1/s1. The number of hydrogen-bond donors (Lipinski definition) is 1. The molecule has 1 heteroatoms. The molecular weight excluding hydrogens is 148 g/mol.